The summed E-state index contributed by atoms with van der Waals surface area (Å²) in [5.41, 5.74) is 3.42. The Hall–Kier alpha value is -2.43. The smallest absolute Gasteiger partial charge is 0.329 e. The molecule has 1 amide bonds. The van der Waals surface area contributed by atoms with Crippen LogP contribution in [0.5, 0.6) is 0 Å². The van der Waals surface area contributed by atoms with E-state index in [0.717, 1.165) is 40.6 Å². The topological polar surface area (TPSA) is 70.5 Å². The summed E-state index contributed by atoms with van der Waals surface area (Å²) >= 11 is 0. The van der Waals surface area contributed by atoms with Gasteiger partial charge in [0, 0.05) is 23.5 Å². The Kier molecular flexibility index (Phi) is 3.79. The van der Waals surface area contributed by atoms with Crippen LogP contribution in [-0.2, 0) is 4.79 Å². The number of aryl methyl sites for hydroxylation is 2. The fourth-order valence-electron chi connectivity index (χ4n) is 4.12. The number of aliphatic carboxylic acids is 1. The lowest BCUT2D eigenvalue weighted by molar-refractivity contribution is -0.147. The predicted molar refractivity (Wildman–Crippen MR) is 99.5 cm³/mol. The molecule has 0 spiro atoms. The van der Waals surface area contributed by atoms with Crippen LogP contribution in [0.4, 0.5) is 0 Å². The highest BCUT2D eigenvalue weighted by Crippen LogP contribution is 2.41. The Morgan fingerprint density at radius 1 is 1.23 bits per heavy atom. The average Bonchev–Trinajstić information content (AvgIpc) is 3.35. The van der Waals surface area contributed by atoms with Crippen molar-refractivity contribution in [2.45, 2.75) is 57.9 Å². The molecule has 136 valence electrons. The van der Waals surface area contributed by atoms with Crippen LogP contribution in [0.15, 0.2) is 18.2 Å². The number of benzene rings is 1. The second kappa shape index (κ2) is 5.79. The Morgan fingerprint density at radius 2 is 1.96 bits per heavy atom. The van der Waals surface area contributed by atoms with Crippen LogP contribution in [0, 0.1) is 13.8 Å². The molecule has 1 aliphatic heterocycles. The van der Waals surface area contributed by atoms with Gasteiger partial charge >= 0.3 is 5.97 Å². The Bertz CT molecular complexity index is 932. The molecule has 1 atom stereocenters. The molecule has 2 aromatic rings. The van der Waals surface area contributed by atoms with Gasteiger partial charge in [0.15, 0.2) is 0 Å². The molecule has 4 rings (SSSR count). The van der Waals surface area contributed by atoms with Crippen molar-refractivity contribution >= 4 is 22.8 Å². The van der Waals surface area contributed by atoms with Gasteiger partial charge in [-0.1, -0.05) is 11.6 Å². The minimum absolute atomic E-state index is 0.188. The zero-order valence-corrected chi connectivity index (χ0v) is 15.5. The van der Waals surface area contributed by atoms with Crippen molar-refractivity contribution in [2.24, 2.45) is 0 Å². The number of carbonyl (C=O) groups is 2. The summed E-state index contributed by atoms with van der Waals surface area (Å²) < 4.78 is 0. The third kappa shape index (κ3) is 2.57. The summed E-state index contributed by atoms with van der Waals surface area (Å²) in [7, 11) is 0. The maximum atomic E-state index is 13.4. The molecule has 0 radical (unpaired) electrons. The standard InChI is InChI=1S/C21H24N2O3/c1-12-9-13(2)18-15(10-12)16(11-17(22-18)14-5-6-14)19(24)23-8-4-7-21(23,3)20(25)26/h9-11,14H,4-8H2,1-3H3,(H,25,26). The fraction of sp³-hybridized carbons (Fsp3) is 0.476. The van der Waals surface area contributed by atoms with Crippen molar-refractivity contribution in [3.63, 3.8) is 0 Å². The van der Waals surface area contributed by atoms with E-state index in [-0.39, 0.29) is 5.91 Å². The number of carboxylic acid groups (broad SMARTS) is 1. The van der Waals surface area contributed by atoms with Gasteiger partial charge in [-0.2, -0.15) is 0 Å². The van der Waals surface area contributed by atoms with Crippen molar-refractivity contribution in [1.29, 1.82) is 0 Å². The van der Waals surface area contributed by atoms with Gasteiger partial charge in [-0.15, -0.1) is 0 Å². The minimum atomic E-state index is -1.13. The van der Waals surface area contributed by atoms with E-state index in [1.54, 1.807) is 11.8 Å². The minimum Gasteiger partial charge on any atom is -0.480 e. The molecule has 1 aromatic heterocycles. The van der Waals surface area contributed by atoms with E-state index in [4.69, 9.17) is 4.98 Å². The van der Waals surface area contributed by atoms with Crippen LogP contribution in [0.3, 0.4) is 0 Å². The molecular weight excluding hydrogens is 328 g/mol. The van der Waals surface area contributed by atoms with Crippen molar-refractivity contribution < 1.29 is 14.7 Å². The molecule has 1 aliphatic carbocycles. The molecule has 2 fully saturated rings. The molecule has 2 heterocycles. The maximum absolute atomic E-state index is 13.4. The van der Waals surface area contributed by atoms with E-state index in [1.165, 1.54) is 0 Å². The lowest BCUT2D eigenvalue weighted by atomic mass is 9.96. The van der Waals surface area contributed by atoms with Crippen LogP contribution < -0.4 is 0 Å². The molecule has 0 bridgehead atoms. The first kappa shape index (κ1) is 17.0. The predicted octanol–water partition coefficient (Wildman–Crippen LogP) is 3.81. The summed E-state index contributed by atoms with van der Waals surface area (Å²) in [5, 5.41) is 10.5. The van der Waals surface area contributed by atoms with Gasteiger partial charge in [-0.05, 0) is 64.2 Å². The number of pyridine rings is 1. The number of fused-ring (bicyclic) bond motifs is 1. The summed E-state index contributed by atoms with van der Waals surface area (Å²) in [6.45, 7) is 6.16. The van der Waals surface area contributed by atoms with Gasteiger partial charge < -0.3 is 10.0 Å². The summed E-state index contributed by atoms with van der Waals surface area (Å²) in [5.74, 6) is -0.695. The van der Waals surface area contributed by atoms with E-state index in [0.29, 0.717) is 30.9 Å². The van der Waals surface area contributed by atoms with Gasteiger partial charge in [-0.25, -0.2) is 4.79 Å². The Labute approximate surface area is 153 Å². The zero-order valence-electron chi connectivity index (χ0n) is 15.5. The lowest BCUT2D eigenvalue weighted by Crippen LogP contribution is -2.50. The highest BCUT2D eigenvalue weighted by atomic mass is 16.4. The molecular formula is C21H24N2O3. The molecule has 1 saturated heterocycles. The van der Waals surface area contributed by atoms with Gasteiger partial charge in [-0.3, -0.25) is 9.78 Å². The second-order valence-corrected chi connectivity index (χ2v) is 7.99. The number of rotatable bonds is 3. The Balaban J connectivity index is 1.89. The van der Waals surface area contributed by atoms with Crippen LogP contribution in [0.1, 0.15) is 65.7 Å². The number of aromatic nitrogens is 1. The van der Waals surface area contributed by atoms with E-state index < -0.39 is 11.5 Å². The van der Waals surface area contributed by atoms with Crippen LogP contribution >= 0.6 is 0 Å². The third-order valence-electron chi connectivity index (χ3n) is 5.84. The quantitative estimate of drug-likeness (QED) is 0.912. The number of carboxylic acids is 1. The highest BCUT2D eigenvalue weighted by molar-refractivity contribution is 6.08. The van der Waals surface area contributed by atoms with Gasteiger partial charge in [0.2, 0.25) is 0 Å². The molecule has 1 N–H and O–H groups in total. The number of hydrogen-bond donors (Lipinski definition) is 1. The summed E-state index contributed by atoms with van der Waals surface area (Å²) in [6.07, 6.45) is 3.41. The first-order valence-corrected chi connectivity index (χ1v) is 9.28. The van der Waals surface area contributed by atoms with E-state index >= 15 is 0 Å². The third-order valence-corrected chi connectivity index (χ3v) is 5.84. The number of amides is 1. The highest BCUT2D eigenvalue weighted by Gasteiger charge is 2.46. The number of nitrogens with zero attached hydrogens (tertiary/aromatic N) is 2. The normalized spacial score (nSPS) is 22.8. The van der Waals surface area contributed by atoms with E-state index in [9.17, 15) is 14.7 Å². The zero-order chi connectivity index (χ0) is 18.6. The number of likely N-dealkylation sites (tertiary alicyclic amines) is 1. The van der Waals surface area contributed by atoms with Gasteiger partial charge in [0.25, 0.3) is 5.91 Å². The van der Waals surface area contributed by atoms with Crippen LogP contribution in [0.2, 0.25) is 0 Å². The van der Waals surface area contributed by atoms with Gasteiger partial charge in [0.1, 0.15) is 5.54 Å². The second-order valence-electron chi connectivity index (χ2n) is 7.99. The molecule has 1 aromatic carbocycles. The van der Waals surface area contributed by atoms with Crippen molar-refractivity contribution in [3.05, 3.63) is 40.6 Å². The molecule has 2 aliphatic rings. The molecule has 5 heteroatoms. The maximum Gasteiger partial charge on any atom is 0.329 e. The Morgan fingerprint density at radius 3 is 2.62 bits per heavy atom. The SMILES string of the molecule is Cc1cc(C)c2nc(C3CC3)cc(C(=O)N3CCCC3(C)C(=O)O)c2c1. The molecule has 26 heavy (non-hydrogen) atoms. The van der Waals surface area contributed by atoms with Crippen LogP contribution in [-0.4, -0.2) is 39.0 Å². The van der Waals surface area contributed by atoms with Crippen molar-refractivity contribution in [3.8, 4) is 0 Å². The lowest BCUT2D eigenvalue weighted by Gasteiger charge is -2.31. The van der Waals surface area contributed by atoms with E-state index in [2.05, 4.69) is 6.07 Å². The largest absolute Gasteiger partial charge is 0.480 e. The average molecular weight is 352 g/mol. The van der Waals surface area contributed by atoms with Gasteiger partial charge in [0.05, 0.1) is 11.1 Å². The monoisotopic (exact) mass is 352 g/mol. The van der Waals surface area contributed by atoms with Crippen LogP contribution in [0.25, 0.3) is 10.9 Å². The van der Waals surface area contributed by atoms with E-state index in [1.807, 2.05) is 26.0 Å². The molecule has 1 unspecified atom stereocenters. The summed E-state index contributed by atoms with van der Waals surface area (Å²) in [4.78, 5) is 31.6. The summed E-state index contributed by atoms with van der Waals surface area (Å²) in [6, 6.07) is 5.98. The molecule has 1 saturated carbocycles. The first-order valence-electron chi connectivity index (χ1n) is 9.28. The number of carbonyl (C=O) groups excluding carboxylic acids is 1. The van der Waals surface area contributed by atoms with Crippen molar-refractivity contribution in [1.82, 2.24) is 9.88 Å². The number of hydrogen-bond acceptors (Lipinski definition) is 3. The fourth-order valence-corrected chi connectivity index (χ4v) is 4.12. The molecule has 5 nitrogen and oxygen atoms in total. The van der Waals surface area contributed by atoms with Crippen molar-refractivity contribution in [2.75, 3.05) is 6.54 Å². The first-order chi connectivity index (χ1) is 12.3.